The summed E-state index contributed by atoms with van der Waals surface area (Å²) in [4.78, 5) is 10.8. The first kappa shape index (κ1) is 48.5. The van der Waals surface area contributed by atoms with Gasteiger partial charge in [0, 0.05) is 31.2 Å². The van der Waals surface area contributed by atoms with Crippen molar-refractivity contribution in [3.8, 4) is 89.7 Å². The van der Waals surface area contributed by atoms with Crippen molar-refractivity contribution in [1.29, 1.82) is 0 Å². The second-order valence-corrected chi connectivity index (χ2v) is 23.3. The molecule has 0 aliphatic heterocycles. The Morgan fingerprint density at radius 2 is 1.05 bits per heavy atom. The molecule has 2 aliphatic carbocycles. The number of hydrogen-bond donors (Lipinski definition) is 1. The molecule has 80 heavy (non-hydrogen) atoms. The number of rotatable bonds is 12. The molecule has 0 amide bonds. The summed E-state index contributed by atoms with van der Waals surface area (Å²) in [6, 6.07) is 79.1. The maximum atomic E-state index is 12.9. The first-order valence-electron chi connectivity index (χ1n) is 29.8. The first-order valence-corrected chi connectivity index (χ1v) is 28.8. The molecule has 2 saturated carbocycles. The topological polar surface area (TPSA) is 50.9 Å². The van der Waals surface area contributed by atoms with Crippen LogP contribution >= 0.6 is 0 Å². The van der Waals surface area contributed by atoms with Crippen molar-refractivity contribution in [2.45, 2.75) is 95.8 Å². The van der Waals surface area contributed by atoms with Crippen molar-refractivity contribution in [1.82, 2.24) is 14.5 Å². The number of hydrogen-bond acceptors (Lipinski definition) is 3. The van der Waals surface area contributed by atoms with E-state index in [1.807, 2.05) is 42.6 Å². The summed E-state index contributed by atoms with van der Waals surface area (Å²) < 4.78 is 21.2. The summed E-state index contributed by atoms with van der Waals surface area (Å²) in [5.41, 5.74) is 19.7. The highest BCUT2D eigenvalue weighted by Gasteiger charge is 2.28. The van der Waals surface area contributed by atoms with Gasteiger partial charge in [0.15, 0.2) is 0 Å². The van der Waals surface area contributed by atoms with Crippen LogP contribution in [-0.4, -0.2) is 19.6 Å². The third-order valence-corrected chi connectivity index (χ3v) is 17.0. The zero-order valence-electron chi connectivity index (χ0n) is 48.2. The van der Waals surface area contributed by atoms with E-state index in [1.165, 1.54) is 31.2 Å². The number of phenolic OH excluding ortho intramolecular Hbond substituents is 1. The van der Waals surface area contributed by atoms with Crippen molar-refractivity contribution in [2.75, 3.05) is 0 Å². The van der Waals surface area contributed by atoms with Crippen LogP contribution in [0.2, 0.25) is 0 Å². The van der Waals surface area contributed by atoms with Crippen LogP contribution in [0.5, 0.6) is 5.75 Å². The Balaban J connectivity index is 0.958. The first-order chi connectivity index (χ1) is 39.9. The van der Waals surface area contributed by atoms with E-state index < -0.39 is 11.8 Å². The zero-order chi connectivity index (χ0) is 56.0. The number of nitrogens with zero attached hydrogens (tertiary/aromatic N) is 3. The van der Waals surface area contributed by atoms with Crippen LogP contribution in [0, 0.1) is 5.92 Å². The molecule has 0 atom stereocenters. The van der Waals surface area contributed by atoms with Gasteiger partial charge in [0.2, 0.25) is 0 Å². The van der Waals surface area contributed by atoms with Crippen molar-refractivity contribution in [3.63, 3.8) is 0 Å². The summed E-state index contributed by atoms with van der Waals surface area (Å²) in [5, 5.41) is 12.9. The quantitative estimate of drug-likeness (QED) is 0.133. The fourth-order valence-corrected chi connectivity index (χ4v) is 12.6. The summed E-state index contributed by atoms with van der Waals surface area (Å²) >= 11 is 0. The molecule has 4 heteroatoms. The van der Waals surface area contributed by atoms with E-state index in [0.717, 1.165) is 107 Å². The Labute approximate surface area is 475 Å². The van der Waals surface area contributed by atoms with E-state index in [-0.39, 0.29) is 11.2 Å². The predicted octanol–water partition coefficient (Wildman–Crippen LogP) is 20.3. The molecule has 394 valence electrons. The smallest absolute Gasteiger partial charge is 0.149 e. The molecule has 0 saturated heterocycles. The van der Waals surface area contributed by atoms with E-state index in [2.05, 4.69) is 213 Å². The van der Waals surface area contributed by atoms with Crippen molar-refractivity contribution in [2.24, 2.45) is 5.92 Å². The summed E-state index contributed by atoms with van der Waals surface area (Å²) in [7, 11) is 0. The fraction of sp³-hybridized carbons (Fsp3) is 0.211. The third kappa shape index (κ3) is 10.3. The number of imidazole rings is 1. The van der Waals surface area contributed by atoms with Gasteiger partial charge < -0.3 is 5.11 Å². The number of pyridine rings is 1. The summed E-state index contributed by atoms with van der Waals surface area (Å²) in [5.74, 6) is 0.155. The highest BCUT2D eigenvalue weighted by Crippen LogP contribution is 2.47. The van der Waals surface area contributed by atoms with Gasteiger partial charge in [-0.1, -0.05) is 210 Å². The average Bonchev–Trinajstić information content (AvgIpc) is 3.84. The van der Waals surface area contributed by atoms with Gasteiger partial charge in [-0.25, -0.2) is 4.98 Å². The lowest BCUT2D eigenvalue weighted by atomic mass is 9.76. The molecule has 0 radical (unpaired) electrons. The number of fused-ring (bicyclic) bond motifs is 1. The highest BCUT2D eigenvalue weighted by molar-refractivity contribution is 5.99. The molecule has 0 unspecified atom stereocenters. The van der Waals surface area contributed by atoms with Gasteiger partial charge in [-0.05, 0) is 177 Å². The minimum Gasteiger partial charge on any atom is -0.507 e. The molecule has 4 nitrogen and oxygen atoms in total. The van der Waals surface area contributed by atoms with Crippen molar-refractivity contribution >= 4 is 11.0 Å². The number of phenols is 1. The normalized spacial score (nSPS) is 18.0. The molecule has 1 N–H and O–H groups in total. The standard InChI is InChI=1S/C76H69N3O/c1-76(2,3)65-49-68(60-27-14-7-15-28-60)74(80)69(50-65)75-78-73-66(29-18-30-72(73)79(75)71-40-31-52(43-51-19-16-17-20-51)44-67(71)59-25-12-6-13-26-59)63-45-62(54-23-10-5-11-24-54)46-64(47-63)70-48-61(41-42-77-70)58-38-36-57(37-39-58)56-34-32-55(33-35-56)53-21-8-4-9-22-53/h4-15,18,21-31,36-42,44-51,55-56,80H,16-17,19-20,32-35,43H2,1-3H3/i55D,56D. The molecule has 2 fully saturated rings. The summed E-state index contributed by atoms with van der Waals surface area (Å²) in [6.45, 7) is 6.69. The number of aromatic hydroxyl groups is 1. The molecular formula is C76H69N3O. The molecule has 9 aromatic carbocycles. The van der Waals surface area contributed by atoms with Gasteiger partial charge in [0.1, 0.15) is 11.6 Å². The Kier molecular flexibility index (Phi) is 13.3. The summed E-state index contributed by atoms with van der Waals surface area (Å²) in [6.07, 6.45) is 10.7. The van der Waals surface area contributed by atoms with Crippen LogP contribution in [0.3, 0.4) is 0 Å². The molecule has 2 heterocycles. The molecular weight excluding hydrogens is 971 g/mol. The molecule has 0 spiro atoms. The van der Waals surface area contributed by atoms with E-state index in [1.54, 1.807) is 0 Å². The SMILES string of the molecule is [2H]C1(c2ccccc2)CCC([2H])(c2ccc(-c3ccnc(-c4cc(-c5ccccc5)cc(-c5cccc6c5nc(-c5cc(C(C)(C)C)cc(-c7ccccc7)c5O)n6-c5ccc(CC6CCCC6)cc5-c5ccccc5)c4)c3)cc2)CC1. The molecule has 13 rings (SSSR count). The lowest BCUT2D eigenvalue weighted by molar-refractivity contribution is 0.396. The maximum absolute atomic E-state index is 12.9. The van der Waals surface area contributed by atoms with Gasteiger partial charge >= 0.3 is 0 Å². The lowest BCUT2D eigenvalue weighted by Crippen LogP contribution is -2.12. The van der Waals surface area contributed by atoms with E-state index in [0.29, 0.717) is 43.0 Å². The number of benzene rings is 9. The lowest BCUT2D eigenvalue weighted by Gasteiger charge is -2.29. The van der Waals surface area contributed by atoms with Crippen molar-refractivity contribution in [3.05, 3.63) is 253 Å². The molecule has 11 aromatic rings. The third-order valence-electron chi connectivity index (χ3n) is 17.0. The van der Waals surface area contributed by atoms with Gasteiger partial charge in [-0.3, -0.25) is 9.55 Å². The molecule has 2 aliphatic rings. The van der Waals surface area contributed by atoms with Crippen molar-refractivity contribution < 1.29 is 7.85 Å². The highest BCUT2D eigenvalue weighted by atomic mass is 16.3. The Hall–Kier alpha value is -8.60. The van der Waals surface area contributed by atoms with Crippen LogP contribution in [0.15, 0.2) is 231 Å². The van der Waals surface area contributed by atoms with Crippen LogP contribution in [0.4, 0.5) is 0 Å². The fourth-order valence-electron chi connectivity index (χ4n) is 12.6. The minimum absolute atomic E-state index is 0.192. The molecule has 2 aromatic heterocycles. The van der Waals surface area contributed by atoms with Crippen LogP contribution in [0.1, 0.15) is 109 Å². The second kappa shape index (κ2) is 21.9. The van der Waals surface area contributed by atoms with Crippen LogP contribution in [-0.2, 0) is 11.8 Å². The second-order valence-electron chi connectivity index (χ2n) is 23.3. The number of para-hydroxylation sites is 1. The number of aromatic nitrogens is 3. The van der Waals surface area contributed by atoms with E-state index in [4.69, 9.17) is 9.97 Å². The van der Waals surface area contributed by atoms with Crippen LogP contribution < -0.4 is 0 Å². The van der Waals surface area contributed by atoms with E-state index in [9.17, 15) is 7.85 Å². The minimum atomic E-state index is -0.736. The largest absolute Gasteiger partial charge is 0.507 e. The Morgan fingerprint density at radius 1 is 0.475 bits per heavy atom. The van der Waals surface area contributed by atoms with Gasteiger partial charge in [0.05, 0.1) is 28.0 Å². The van der Waals surface area contributed by atoms with Gasteiger partial charge in [-0.2, -0.15) is 0 Å². The Morgan fingerprint density at radius 3 is 1.71 bits per heavy atom. The predicted molar refractivity (Wildman–Crippen MR) is 333 cm³/mol. The average molecular weight is 1040 g/mol. The maximum Gasteiger partial charge on any atom is 0.149 e. The monoisotopic (exact) mass is 1040 g/mol. The zero-order valence-corrected chi connectivity index (χ0v) is 46.2. The van der Waals surface area contributed by atoms with Gasteiger partial charge in [-0.15, -0.1) is 0 Å². The van der Waals surface area contributed by atoms with Gasteiger partial charge in [0.25, 0.3) is 0 Å². The Bertz CT molecular complexity index is 4080. The molecule has 0 bridgehead atoms. The van der Waals surface area contributed by atoms with Crippen LogP contribution in [0.25, 0.3) is 95.0 Å². The van der Waals surface area contributed by atoms with E-state index >= 15 is 0 Å².